The molecule has 1 aromatic heterocycles. The monoisotopic (exact) mass is 533 g/mol. The largest absolute Gasteiger partial charge is 0.351 e. The summed E-state index contributed by atoms with van der Waals surface area (Å²) in [6.45, 7) is 7.78. The Hall–Kier alpha value is -3.17. The Morgan fingerprint density at radius 3 is 2.33 bits per heavy atom. The minimum absolute atomic E-state index is 0.0525. The van der Waals surface area contributed by atoms with E-state index >= 15 is 0 Å². The number of benzene rings is 1. The van der Waals surface area contributed by atoms with Gasteiger partial charge in [0.25, 0.3) is 5.91 Å². The summed E-state index contributed by atoms with van der Waals surface area (Å²) in [5.41, 5.74) is 2.37. The highest BCUT2D eigenvalue weighted by Gasteiger charge is 2.38. The zero-order valence-electron chi connectivity index (χ0n) is 23.7. The summed E-state index contributed by atoms with van der Waals surface area (Å²) in [5, 5.41) is 6.45. The normalized spacial score (nSPS) is 21.4. The summed E-state index contributed by atoms with van der Waals surface area (Å²) in [4.78, 5) is 39.5. The van der Waals surface area contributed by atoms with E-state index in [1.54, 1.807) is 4.90 Å². The first kappa shape index (κ1) is 27.4. The molecule has 1 aliphatic carbocycles. The maximum absolute atomic E-state index is 13.1. The summed E-state index contributed by atoms with van der Waals surface area (Å²) in [6.07, 6.45) is 7.11. The maximum atomic E-state index is 13.1. The molecule has 1 aromatic carbocycles. The molecule has 1 atom stereocenters. The minimum Gasteiger partial charge on any atom is -0.351 e. The van der Waals surface area contributed by atoms with Gasteiger partial charge in [0.15, 0.2) is 5.82 Å². The van der Waals surface area contributed by atoms with Crippen molar-refractivity contribution in [2.75, 3.05) is 68.5 Å². The van der Waals surface area contributed by atoms with Gasteiger partial charge in [0.1, 0.15) is 11.9 Å². The van der Waals surface area contributed by atoms with Crippen molar-refractivity contribution in [2.45, 2.75) is 57.5 Å². The van der Waals surface area contributed by atoms with Gasteiger partial charge in [-0.15, -0.1) is 0 Å². The molecule has 2 amide bonds. The molecule has 1 saturated carbocycles. The predicted octanol–water partition coefficient (Wildman–Crippen LogP) is 3.70. The Morgan fingerprint density at radius 1 is 0.949 bits per heavy atom. The molecule has 2 fully saturated rings. The highest BCUT2D eigenvalue weighted by atomic mass is 16.2. The van der Waals surface area contributed by atoms with Crippen molar-refractivity contribution in [1.82, 2.24) is 20.1 Å². The number of aromatic nitrogens is 1. The van der Waals surface area contributed by atoms with E-state index in [9.17, 15) is 9.59 Å². The molecule has 0 radical (unpaired) electrons. The zero-order valence-corrected chi connectivity index (χ0v) is 23.7. The molecule has 9 heteroatoms. The quantitative estimate of drug-likeness (QED) is 0.525. The van der Waals surface area contributed by atoms with Gasteiger partial charge < -0.3 is 25.3 Å². The first-order chi connectivity index (χ1) is 18.9. The Labute approximate surface area is 232 Å². The number of piperazine rings is 1. The van der Waals surface area contributed by atoms with Gasteiger partial charge in [-0.1, -0.05) is 25.7 Å². The number of hydrogen-bond acceptors (Lipinski definition) is 7. The highest BCUT2D eigenvalue weighted by molar-refractivity contribution is 6.04. The molecular formula is C30H43N7O2. The molecule has 210 valence electrons. The van der Waals surface area contributed by atoms with E-state index in [-0.39, 0.29) is 17.9 Å². The lowest BCUT2D eigenvalue weighted by Crippen LogP contribution is -2.55. The number of hydrogen-bond donors (Lipinski definition) is 2. The third-order valence-electron chi connectivity index (χ3n) is 8.51. The van der Waals surface area contributed by atoms with E-state index in [1.807, 2.05) is 50.4 Å². The third kappa shape index (κ3) is 6.36. The van der Waals surface area contributed by atoms with Crippen LogP contribution in [0.25, 0.3) is 0 Å². The summed E-state index contributed by atoms with van der Waals surface area (Å²) in [7, 11) is 3.99. The lowest BCUT2D eigenvalue weighted by atomic mass is 10.0. The van der Waals surface area contributed by atoms with E-state index in [1.165, 1.54) is 25.7 Å². The number of amides is 2. The van der Waals surface area contributed by atoms with Crippen LogP contribution in [-0.4, -0.2) is 92.0 Å². The summed E-state index contributed by atoms with van der Waals surface area (Å²) in [5.74, 6) is 1.67. The molecule has 3 heterocycles. The van der Waals surface area contributed by atoms with Crippen molar-refractivity contribution in [1.29, 1.82) is 0 Å². The average molecular weight is 534 g/mol. The molecule has 5 rings (SSSR count). The van der Waals surface area contributed by atoms with Gasteiger partial charge in [-0.25, -0.2) is 4.98 Å². The second-order valence-corrected chi connectivity index (χ2v) is 11.3. The second kappa shape index (κ2) is 12.3. The molecule has 2 aromatic rings. The number of carbonyl (C=O) groups excluding carboxylic acids is 2. The molecule has 2 aliphatic heterocycles. The number of likely N-dealkylation sites (N-methyl/N-ethyl adjacent to an activating group) is 2. The Balaban J connectivity index is 1.23. The van der Waals surface area contributed by atoms with Crippen molar-refractivity contribution >= 4 is 34.8 Å². The fourth-order valence-corrected chi connectivity index (χ4v) is 6.04. The number of carbonyl (C=O) groups is 2. The maximum Gasteiger partial charge on any atom is 0.251 e. The van der Waals surface area contributed by atoms with Gasteiger partial charge in [-0.3, -0.25) is 14.5 Å². The smallest absolute Gasteiger partial charge is 0.251 e. The molecular weight excluding hydrogens is 490 g/mol. The van der Waals surface area contributed by atoms with Crippen LogP contribution in [-0.2, 0) is 4.79 Å². The van der Waals surface area contributed by atoms with Crippen LogP contribution in [0.1, 0.15) is 55.8 Å². The molecule has 0 spiro atoms. The molecule has 2 N–H and O–H groups in total. The number of pyridine rings is 1. The Kier molecular flexibility index (Phi) is 8.67. The van der Waals surface area contributed by atoms with E-state index in [0.29, 0.717) is 18.2 Å². The van der Waals surface area contributed by atoms with Crippen LogP contribution in [0.15, 0.2) is 36.4 Å². The average Bonchev–Trinajstić information content (AvgIpc) is 3.23. The van der Waals surface area contributed by atoms with Crippen LogP contribution >= 0.6 is 0 Å². The van der Waals surface area contributed by atoms with Crippen molar-refractivity contribution in [2.24, 2.45) is 0 Å². The number of nitrogens with one attached hydrogen (secondary N) is 2. The van der Waals surface area contributed by atoms with Gasteiger partial charge in [0, 0.05) is 63.6 Å². The lowest BCUT2D eigenvalue weighted by molar-refractivity contribution is -0.119. The summed E-state index contributed by atoms with van der Waals surface area (Å²) in [6, 6.07) is 11.5. The number of fused-ring (bicyclic) bond motifs is 1. The highest BCUT2D eigenvalue weighted by Crippen LogP contribution is 2.39. The Bertz CT molecular complexity index is 1140. The van der Waals surface area contributed by atoms with Crippen LogP contribution in [0.2, 0.25) is 0 Å². The van der Waals surface area contributed by atoms with E-state index < -0.39 is 0 Å². The Morgan fingerprint density at radius 2 is 1.64 bits per heavy atom. The molecule has 39 heavy (non-hydrogen) atoms. The molecule has 1 saturated heterocycles. The van der Waals surface area contributed by atoms with Gasteiger partial charge in [0.2, 0.25) is 5.91 Å². The zero-order chi connectivity index (χ0) is 27.4. The number of anilines is 4. The molecule has 3 aliphatic rings. The van der Waals surface area contributed by atoms with Crippen LogP contribution in [0.4, 0.5) is 23.0 Å². The topological polar surface area (TPSA) is 84.0 Å². The standard InChI is InChI=1S/C30H43N7O2/c1-22-30(39)35(3)26-14-15-27(33-28(26)37(22)25-8-6-4-5-7-9-25)32-24-12-10-23(11-13-24)29(38)31-16-17-36-20-18-34(2)19-21-36/h10-15,22,25H,4-9,16-21H2,1-3H3,(H,31,38)(H,32,33)/t22-/m1/s1. The van der Waals surface area contributed by atoms with Crippen LogP contribution in [0, 0.1) is 0 Å². The fraction of sp³-hybridized carbons (Fsp3) is 0.567. The van der Waals surface area contributed by atoms with Crippen molar-refractivity contribution in [3.05, 3.63) is 42.0 Å². The molecule has 9 nitrogen and oxygen atoms in total. The summed E-state index contributed by atoms with van der Waals surface area (Å²) >= 11 is 0. The van der Waals surface area contributed by atoms with E-state index in [4.69, 9.17) is 4.98 Å². The first-order valence-corrected chi connectivity index (χ1v) is 14.5. The SMILES string of the molecule is C[C@@H]1C(=O)N(C)c2ccc(Nc3ccc(C(=O)NCCN4CCN(C)CC4)cc3)nc2N1C1CCCCCC1. The summed E-state index contributed by atoms with van der Waals surface area (Å²) < 4.78 is 0. The fourth-order valence-electron chi connectivity index (χ4n) is 6.04. The molecule has 0 bridgehead atoms. The third-order valence-corrected chi connectivity index (χ3v) is 8.51. The minimum atomic E-state index is -0.234. The molecule has 0 unspecified atom stereocenters. The number of rotatable bonds is 7. The van der Waals surface area contributed by atoms with Gasteiger partial charge in [-0.2, -0.15) is 0 Å². The van der Waals surface area contributed by atoms with Crippen molar-refractivity contribution in [3.63, 3.8) is 0 Å². The van der Waals surface area contributed by atoms with E-state index in [0.717, 1.165) is 68.6 Å². The van der Waals surface area contributed by atoms with Crippen molar-refractivity contribution in [3.8, 4) is 0 Å². The van der Waals surface area contributed by atoms with Crippen LogP contribution in [0.3, 0.4) is 0 Å². The first-order valence-electron chi connectivity index (χ1n) is 14.5. The van der Waals surface area contributed by atoms with Crippen LogP contribution in [0.5, 0.6) is 0 Å². The number of nitrogens with zero attached hydrogens (tertiary/aromatic N) is 5. The lowest BCUT2D eigenvalue weighted by Gasteiger charge is -2.43. The predicted molar refractivity (Wildman–Crippen MR) is 157 cm³/mol. The van der Waals surface area contributed by atoms with Gasteiger partial charge in [-0.05, 0) is 63.2 Å². The van der Waals surface area contributed by atoms with Crippen molar-refractivity contribution < 1.29 is 9.59 Å². The van der Waals surface area contributed by atoms with Gasteiger partial charge >= 0.3 is 0 Å². The van der Waals surface area contributed by atoms with Crippen LogP contribution < -0.4 is 20.4 Å². The second-order valence-electron chi connectivity index (χ2n) is 11.3. The van der Waals surface area contributed by atoms with Gasteiger partial charge in [0.05, 0.1) is 5.69 Å². The van der Waals surface area contributed by atoms with E-state index in [2.05, 4.69) is 32.4 Å².